The van der Waals surface area contributed by atoms with Gasteiger partial charge >= 0.3 is 0 Å². The molecule has 3 aromatic carbocycles. The maximum atomic E-state index is 5.95. The van der Waals surface area contributed by atoms with Crippen LogP contribution in [-0.4, -0.2) is 4.98 Å². The average Bonchev–Trinajstić information content (AvgIpc) is 3.01. The molecular formula is C20H13Br2NO. The fourth-order valence-corrected chi connectivity index (χ4v) is 3.48. The minimum atomic E-state index is 0.676. The third-order valence-corrected chi connectivity index (χ3v) is 4.98. The molecule has 4 rings (SSSR count). The van der Waals surface area contributed by atoms with Crippen molar-refractivity contribution in [2.45, 2.75) is 6.42 Å². The molecule has 0 saturated carbocycles. The zero-order valence-electron chi connectivity index (χ0n) is 12.7. The number of rotatable bonds is 3. The lowest BCUT2D eigenvalue weighted by Crippen LogP contribution is -1.87. The van der Waals surface area contributed by atoms with Gasteiger partial charge in [0.1, 0.15) is 5.52 Å². The van der Waals surface area contributed by atoms with Crippen molar-refractivity contribution in [1.29, 1.82) is 0 Å². The van der Waals surface area contributed by atoms with Crippen LogP contribution in [0.1, 0.15) is 11.5 Å². The van der Waals surface area contributed by atoms with Crippen molar-refractivity contribution in [3.05, 3.63) is 87.1 Å². The third-order valence-electron chi connectivity index (χ3n) is 3.86. The fourth-order valence-electron chi connectivity index (χ4n) is 2.69. The van der Waals surface area contributed by atoms with Gasteiger partial charge in [0.25, 0.3) is 0 Å². The highest BCUT2D eigenvalue weighted by Crippen LogP contribution is 2.32. The SMILES string of the molecule is Brc1ccc(Cc2nc3cc(-c4ccccc4)cc(Br)c3o2)cc1. The monoisotopic (exact) mass is 441 g/mol. The molecule has 0 atom stereocenters. The third kappa shape index (κ3) is 3.17. The molecule has 1 heterocycles. The van der Waals surface area contributed by atoms with Gasteiger partial charge in [-0.05, 0) is 56.9 Å². The lowest BCUT2D eigenvalue weighted by Gasteiger charge is -2.02. The second-order valence-corrected chi connectivity index (χ2v) is 7.35. The van der Waals surface area contributed by atoms with Crippen LogP contribution in [0.3, 0.4) is 0 Å². The van der Waals surface area contributed by atoms with E-state index in [-0.39, 0.29) is 0 Å². The number of aromatic nitrogens is 1. The molecule has 0 saturated heterocycles. The van der Waals surface area contributed by atoms with E-state index >= 15 is 0 Å². The first kappa shape index (κ1) is 15.6. The maximum absolute atomic E-state index is 5.95. The van der Waals surface area contributed by atoms with Crippen molar-refractivity contribution in [3.8, 4) is 11.1 Å². The van der Waals surface area contributed by atoms with Crippen LogP contribution in [0.4, 0.5) is 0 Å². The molecule has 118 valence electrons. The summed E-state index contributed by atoms with van der Waals surface area (Å²) >= 11 is 7.07. The Labute approximate surface area is 156 Å². The largest absolute Gasteiger partial charge is 0.439 e. The molecule has 0 fully saturated rings. The van der Waals surface area contributed by atoms with Crippen LogP contribution in [0.15, 0.2) is 80.1 Å². The summed E-state index contributed by atoms with van der Waals surface area (Å²) in [4.78, 5) is 4.67. The molecule has 1 aromatic heterocycles. The van der Waals surface area contributed by atoms with Crippen LogP contribution in [0.25, 0.3) is 22.2 Å². The zero-order chi connectivity index (χ0) is 16.5. The first-order valence-corrected chi connectivity index (χ1v) is 9.16. The Morgan fingerprint density at radius 3 is 2.33 bits per heavy atom. The predicted octanol–water partition coefficient (Wildman–Crippen LogP) is 6.61. The van der Waals surface area contributed by atoms with E-state index in [0.717, 1.165) is 37.1 Å². The van der Waals surface area contributed by atoms with Gasteiger partial charge in [-0.3, -0.25) is 0 Å². The molecule has 2 nitrogen and oxygen atoms in total. The highest BCUT2D eigenvalue weighted by Gasteiger charge is 2.12. The number of hydrogen-bond acceptors (Lipinski definition) is 2. The maximum Gasteiger partial charge on any atom is 0.199 e. The molecule has 0 aliphatic heterocycles. The van der Waals surface area contributed by atoms with Gasteiger partial charge in [-0.1, -0.05) is 58.4 Å². The topological polar surface area (TPSA) is 26.0 Å². The van der Waals surface area contributed by atoms with Crippen molar-refractivity contribution in [3.63, 3.8) is 0 Å². The summed E-state index contributed by atoms with van der Waals surface area (Å²) in [6.45, 7) is 0. The Morgan fingerprint density at radius 1 is 0.833 bits per heavy atom. The highest BCUT2D eigenvalue weighted by molar-refractivity contribution is 9.11. The Hall–Kier alpha value is -1.91. The lowest BCUT2D eigenvalue weighted by atomic mass is 10.1. The van der Waals surface area contributed by atoms with E-state index < -0.39 is 0 Å². The van der Waals surface area contributed by atoms with Crippen LogP contribution >= 0.6 is 31.9 Å². The molecule has 0 spiro atoms. The van der Waals surface area contributed by atoms with Crippen LogP contribution in [0.2, 0.25) is 0 Å². The molecule has 0 amide bonds. The van der Waals surface area contributed by atoms with Gasteiger partial charge in [0.05, 0.1) is 4.47 Å². The number of nitrogens with zero attached hydrogens (tertiary/aromatic N) is 1. The van der Waals surface area contributed by atoms with Gasteiger partial charge in [-0.25, -0.2) is 4.98 Å². The van der Waals surface area contributed by atoms with Crippen LogP contribution < -0.4 is 0 Å². The summed E-state index contributed by atoms with van der Waals surface area (Å²) in [5.74, 6) is 0.721. The van der Waals surface area contributed by atoms with Crippen LogP contribution in [0.5, 0.6) is 0 Å². The molecule has 0 aliphatic rings. The number of oxazole rings is 1. The summed E-state index contributed by atoms with van der Waals surface area (Å²) in [5, 5.41) is 0. The van der Waals surface area contributed by atoms with Gasteiger partial charge in [0.2, 0.25) is 0 Å². The molecule has 0 radical (unpaired) electrons. The molecule has 24 heavy (non-hydrogen) atoms. The average molecular weight is 443 g/mol. The van der Waals surface area contributed by atoms with Gasteiger partial charge < -0.3 is 4.42 Å². The van der Waals surface area contributed by atoms with E-state index in [1.807, 2.05) is 30.3 Å². The molecule has 0 bridgehead atoms. The molecule has 0 aliphatic carbocycles. The van der Waals surface area contributed by atoms with Gasteiger partial charge in [0.15, 0.2) is 11.5 Å². The Balaban J connectivity index is 1.72. The first-order chi connectivity index (χ1) is 11.7. The number of hydrogen-bond donors (Lipinski definition) is 0. The van der Waals surface area contributed by atoms with Crippen molar-refractivity contribution in [2.75, 3.05) is 0 Å². The van der Waals surface area contributed by atoms with Crippen molar-refractivity contribution < 1.29 is 4.42 Å². The summed E-state index contributed by atoms with van der Waals surface area (Å²) in [6, 6.07) is 22.6. The Bertz CT molecular complexity index is 992. The Morgan fingerprint density at radius 2 is 1.58 bits per heavy atom. The summed E-state index contributed by atoms with van der Waals surface area (Å²) in [7, 11) is 0. The summed E-state index contributed by atoms with van der Waals surface area (Å²) < 4.78 is 7.95. The first-order valence-electron chi connectivity index (χ1n) is 7.58. The number of benzene rings is 3. The van der Waals surface area contributed by atoms with E-state index in [1.165, 1.54) is 5.56 Å². The Kier molecular flexibility index (Phi) is 4.25. The van der Waals surface area contributed by atoms with Crippen molar-refractivity contribution >= 4 is 43.0 Å². The van der Waals surface area contributed by atoms with Gasteiger partial charge in [-0.15, -0.1) is 0 Å². The van der Waals surface area contributed by atoms with Crippen molar-refractivity contribution in [1.82, 2.24) is 4.98 Å². The molecule has 0 unspecified atom stereocenters. The van der Waals surface area contributed by atoms with E-state index in [0.29, 0.717) is 6.42 Å². The van der Waals surface area contributed by atoms with E-state index in [9.17, 15) is 0 Å². The molecular weight excluding hydrogens is 430 g/mol. The van der Waals surface area contributed by atoms with E-state index in [1.54, 1.807) is 0 Å². The minimum Gasteiger partial charge on any atom is -0.439 e. The predicted molar refractivity (Wildman–Crippen MR) is 104 cm³/mol. The van der Waals surface area contributed by atoms with E-state index in [2.05, 4.69) is 73.2 Å². The summed E-state index contributed by atoms with van der Waals surface area (Å²) in [6.07, 6.45) is 0.676. The molecule has 4 heteroatoms. The van der Waals surface area contributed by atoms with Crippen LogP contribution in [0, 0.1) is 0 Å². The van der Waals surface area contributed by atoms with Crippen LogP contribution in [-0.2, 0) is 6.42 Å². The minimum absolute atomic E-state index is 0.676. The molecule has 0 N–H and O–H groups in total. The second kappa shape index (κ2) is 6.54. The zero-order valence-corrected chi connectivity index (χ0v) is 15.8. The highest BCUT2D eigenvalue weighted by atomic mass is 79.9. The number of fused-ring (bicyclic) bond motifs is 1. The standard InChI is InChI=1S/C20H13Br2NO/c21-16-8-6-13(7-9-16)10-19-23-18-12-15(11-17(22)20(18)24-19)14-4-2-1-3-5-14/h1-9,11-12H,10H2. The molecule has 4 aromatic rings. The van der Waals surface area contributed by atoms with Gasteiger partial charge in [0, 0.05) is 10.9 Å². The smallest absolute Gasteiger partial charge is 0.199 e. The normalized spacial score (nSPS) is 11.1. The van der Waals surface area contributed by atoms with E-state index in [4.69, 9.17) is 4.42 Å². The lowest BCUT2D eigenvalue weighted by molar-refractivity contribution is 0.543. The fraction of sp³-hybridized carbons (Fsp3) is 0.0500. The van der Waals surface area contributed by atoms with Gasteiger partial charge in [-0.2, -0.15) is 0 Å². The number of halogens is 2. The quantitative estimate of drug-likeness (QED) is 0.356. The summed E-state index contributed by atoms with van der Waals surface area (Å²) in [5.41, 5.74) is 5.12. The second-order valence-electron chi connectivity index (χ2n) is 5.58. The van der Waals surface area contributed by atoms with Crippen molar-refractivity contribution in [2.24, 2.45) is 0 Å².